The summed E-state index contributed by atoms with van der Waals surface area (Å²) in [5.41, 5.74) is -0.434. The summed E-state index contributed by atoms with van der Waals surface area (Å²) >= 11 is 0. The molecule has 0 bridgehead atoms. The smallest absolute Gasteiger partial charge is 0.0655 e. The summed E-state index contributed by atoms with van der Waals surface area (Å²) in [6.07, 6.45) is 7.96. The van der Waals surface area contributed by atoms with Gasteiger partial charge in [-0.2, -0.15) is 0 Å². The summed E-state index contributed by atoms with van der Waals surface area (Å²) in [5, 5.41) is 11.0. The lowest BCUT2D eigenvalue weighted by atomic mass is 9.77. The van der Waals surface area contributed by atoms with Gasteiger partial charge in [-0.15, -0.1) is 0 Å². The Kier molecular flexibility index (Phi) is 8.94. The second kappa shape index (κ2) is 8.96. The Bertz CT molecular complexity index is 186. The molecule has 0 saturated heterocycles. The summed E-state index contributed by atoms with van der Waals surface area (Å²) in [6, 6.07) is 0. The molecule has 0 aromatic heterocycles. The molecule has 0 heterocycles. The van der Waals surface area contributed by atoms with Gasteiger partial charge in [0.15, 0.2) is 0 Å². The van der Waals surface area contributed by atoms with E-state index >= 15 is 0 Å². The maximum atomic E-state index is 11.0. The van der Waals surface area contributed by atoms with Gasteiger partial charge < -0.3 is 5.11 Å². The predicted octanol–water partition coefficient (Wildman–Crippen LogP) is 5.42. The monoisotopic (exact) mass is 256 g/mol. The van der Waals surface area contributed by atoms with E-state index in [2.05, 4.69) is 41.5 Å². The van der Waals surface area contributed by atoms with Crippen LogP contribution in [0.15, 0.2) is 0 Å². The van der Waals surface area contributed by atoms with E-state index in [1.165, 1.54) is 25.7 Å². The molecule has 0 aromatic carbocycles. The van der Waals surface area contributed by atoms with Gasteiger partial charge in [0.1, 0.15) is 0 Å². The molecule has 0 aliphatic rings. The van der Waals surface area contributed by atoms with Crippen LogP contribution in [0.25, 0.3) is 0 Å². The van der Waals surface area contributed by atoms with Gasteiger partial charge >= 0.3 is 0 Å². The van der Waals surface area contributed by atoms with E-state index in [0.717, 1.165) is 19.3 Å². The third kappa shape index (κ3) is 8.13. The van der Waals surface area contributed by atoms with Crippen LogP contribution >= 0.6 is 0 Å². The molecule has 110 valence electrons. The van der Waals surface area contributed by atoms with Crippen LogP contribution in [0.3, 0.4) is 0 Å². The zero-order chi connectivity index (χ0) is 14.2. The molecule has 0 radical (unpaired) electrons. The fraction of sp³-hybridized carbons (Fsp3) is 1.00. The largest absolute Gasteiger partial charge is 0.390 e. The Morgan fingerprint density at radius 2 is 1.39 bits per heavy atom. The molecule has 0 spiro atoms. The van der Waals surface area contributed by atoms with Crippen LogP contribution in [0.1, 0.15) is 86.5 Å². The van der Waals surface area contributed by atoms with Gasteiger partial charge in [-0.1, -0.05) is 67.2 Å². The molecule has 0 fully saturated rings. The Balaban J connectivity index is 4.53. The van der Waals surface area contributed by atoms with Crippen molar-refractivity contribution in [2.75, 3.05) is 0 Å². The molecule has 1 atom stereocenters. The van der Waals surface area contributed by atoms with Gasteiger partial charge in [0.25, 0.3) is 0 Å². The van der Waals surface area contributed by atoms with Crippen molar-refractivity contribution in [2.24, 2.45) is 17.8 Å². The highest BCUT2D eigenvalue weighted by molar-refractivity contribution is 4.83. The molecule has 1 heteroatoms. The number of hydrogen-bond donors (Lipinski definition) is 1. The van der Waals surface area contributed by atoms with Crippen LogP contribution in [0.5, 0.6) is 0 Å². The number of unbranched alkanes of at least 4 members (excludes halogenated alkanes) is 1. The number of aliphatic hydroxyl groups is 1. The lowest BCUT2D eigenvalue weighted by Gasteiger charge is -2.35. The average Bonchev–Trinajstić information content (AvgIpc) is 2.21. The van der Waals surface area contributed by atoms with Crippen LogP contribution in [0.2, 0.25) is 0 Å². The molecule has 0 rings (SSSR count). The average molecular weight is 256 g/mol. The topological polar surface area (TPSA) is 20.2 Å². The third-order valence-electron chi connectivity index (χ3n) is 3.79. The van der Waals surface area contributed by atoms with Gasteiger partial charge in [0, 0.05) is 0 Å². The first-order valence-corrected chi connectivity index (χ1v) is 8.05. The minimum Gasteiger partial charge on any atom is -0.390 e. The second-order valence-corrected chi connectivity index (χ2v) is 7.04. The molecule has 1 nitrogen and oxygen atoms in total. The standard InChI is InChI=1S/C17H36O/c1-7-9-10-16(8-2)13-17(18,11-14(3)4)12-15(5)6/h14-16,18H,7-13H2,1-6H3. The first kappa shape index (κ1) is 18.0. The highest BCUT2D eigenvalue weighted by atomic mass is 16.3. The molecule has 0 saturated carbocycles. The quantitative estimate of drug-likeness (QED) is 0.553. The van der Waals surface area contributed by atoms with Crippen LogP contribution in [-0.2, 0) is 0 Å². The van der Waals surface area contributed by atoms with Gasteiger partial charge in [-0.05, 0) is 37.0 Å². The molecule has 1 N–H and O–H groups in total. The summed E-state index contributed by atoms with van der Waals surface area (Å²) in [4.78, 5) is 0. The van der Waals surface area contributed by atoms with E-state index in [1.807, 2.05) is 0 Å². The van der Waals surface area contributed by atoms with E-state index in [4.69, 9.17) is 0 Å². The zero-order valence-corrected chi connectivity index (χ0v) is 13.6. The maximum absolute atomic E-state index is 11.0. The molecule has 0 aromatic rings. The van der Waals surface area contributed by atoms with Crippen LogP contribution in [0.4, 0.5) is 0 Å². The van der Waals surface area contributed by atoms with Gasteiger partial charge in [-0.25, -0.2) is 0 Å². The lowest BCUT2D eigenvalue weighted by Crippen LogP contribution is -2.34. The molecule has 0 aliphatic heterocycles. The van der Waals surface area contributed by atoms with E-state index in [-0.39, 0.29) is 0 Å². The molecule has 0 amide bonds. The molecule has 18 heavy (non-hydrogen) atoms. The molecule has 0 aliphatic carbocycles. The SMILES string of the molecule is CCCCC(CC)CC(O)(CC(C)C)CC(C)C. The Hall–Kier alpha value is -0.0400. The number of hydrogen-bond acceptors (Lipinski definition) is 1. The molecule has 1 unspecified atom stereocenters. The maximum Gasteiger partial charge on any atom is 0.0655 e. The normalized spacial score (nSPS) is 14.5. The van der Waals surface area contributed by atoms with Gasteiger partial charge in [-0.3, -0.25) is 0 Å². The third-order valence-corrected chi connectivity index (χ3v) is 3.79. The fourth-order valence-corrected chi connectivity index (χ4v) is 3.25. The predicted molar refractivity (Wildman–Crippen MR) is 81.8 cm³/mol. The fourth-order valence-electron chi connectivity index (χ4n) is 3.25. The van der Waals surface area contributed by atoms with Crippen molar-refractivity contribution in [2.45, 2.75) is 92.1 Å². The Labute approximate surface area is 115 Å². The summed E-state index contributed by atoms with van der Waals surface area (Å²) in [7, 11) is 0. The minimum atomic E-state index is -0.434. The van der Waals surface area contributed by atoms with Crippen LogP contribution in [-0.4, -0.2) is 10.7 Å². The zero-order valence-electron chi connectivity index (χ0n) is 13.6. The lowest BCUT2D eigenvalue weighted by molar-refractivity contribution is -0.0226. The second-order valence-electron chi connectivity index (χ2n) is 7.04. The van der Waals surface area contributed by atoms with Crippen molar-refractivity contribution in [3.8, 4) is 0 Å². The summed E-state index contributed by atoms with van der Waals surface area (Å²) < 4.78 is 0. The van der Waals surface area contributed by atoms with E-state index < -0.39 is 5.60 Å². The minimum absolute atomic E-state index is 0.434. The molecular weight excluding hydrogens is 220 g/mol. The van der Waals surface area contributed by atoms with Crippen molar-refractivity contribution in [3.05, 3.63) is 0 Å². The first-order chi connectivity index (χ1) is 8.33. The van der Waals surface area contributed by atoms with E-state index in [1.54, 1.807) is 0 Å². The first-order valence-electron chi connectivity index (χ1n) is 8.05. The highest BCUT2D eigenvalue weighted by Gasteiger charge is 2.31. The summed E-state index contributed by atoms with van der Waals surface area (Å²) in [6.45, 7) is 13.4. The summed E-state index contributed by atoms with van der Waals surface area (Å²) in [5.74, 6) is 1.86. The molecular formula is C17H36O. The number of rotatable bonds is 10. The van der Waals surface area contributed by atoms with Gasteiger partial charge in [0.05, 0.1) is 5.60 Å². The van der Waals surface area contributed by atoms with Crippen LogP contribution < -0.4 is 0 Å². The van der Waals surface area contributed by atoms with Gasteiger partial charge in [0.2, 0.25) is 0 Å². The van der Waals surface area contributed by atoms with Crippen molar-refractivity contribution in [1.29, 1.82) is 0 Å². The Morgan fingerprint density at radius 3 is 1.72 bits per heavy atom. The highest BCUT2D eigenvalue weighted by Crippen LogP contribution is 2.33. The van der Waals surface area contributed by atoms with Crippen molar-refractivity contribution >= 4 is 0 Å². The Morgan fingerprint density at radius 1 is 0.889 bits per heavy atom. The van der Waals surface area contributed by atoms with Crippen molar-refractivity contribution in [3.63, 3.8) is 0 Å². The van der Waals surface area contributed by atoms with Crippen molar-refractivity contribution in [1.82, 2.24) is 0 Å². The van der Waals surface area contributed by atoms with Crippen molar-refractivity contribution < 1.29 is 5.11 Å². The van der Waals surface area contributed by atoms with E-state index in [9.17, 15) is 5.11 Å². The van der Waals surface area contributed by atoms with E-state index in [0.29, 0.717) is 17.8 Å². The van der Waals surface area contributed by atoms with Crippen LogP contribution in [0, 0.1) is 17.8 Å².